The summed E-state index contributed by atoms with van der Waals surface area (Å²) in [5, 5.41) is 4.00. The highest BCUT2D eigenvalue weighted by atomic mass is 32.2. The molecular weight excluding hydrogens is 372 g/mol. The van der Waals surface area contributed by atoms with Crippen molar-refractivity contribution in [3.63, 3.8) is 0 Å². The Morgan fingerprint density at radius 2 is 2.00 bits per heavy atom. The topological polar surface area (TPSA) is 58.6 Å². The normalized spacial score (nSPS) is 29.9. The number of nitrogens with one attached hydrogen (secondary N) is 1. The number of sulfone groups is 1. The Kier molecular flexibility index (Phi) is 6.85. The van der Waals surface area contributed by atoms with E-state index in [-0.39, 0.29) is 5.54 Å². The van der Waals surface area contributed by atoms with Gasteiger partial charge in [0.25, 0.3) is 0 Å². The fraction of sp³-hybridized carbons (Fsp3) is 0.727. The molecule has 1 N–H and O–H groups in total. The molecule has 0 aliphatic carbocycles. The number of hydrogen-bond acceptors (Lipinski definition) is 5. The van der Waals surface area contributed by atoms with Crippen LogP contribution in [-0.2, 0) is 20.1 Å². The molecule has 28 heavy (non-hydrogen) atoms. The van der Waals surface area contributed by atoms with Crippen molar-refractivity contribution in [2.75, 3.05) is 33.1 Å². The summed E-state index contributed by atoms with van der Waals surface area (Å²) in [6.45, 7) is 7.37. The summed E-state index contributed by atoms with van der Waals surface area (Å²) in [6.07, 6.45) is 7.22. The quantitative estimate of drug-likeness (QED) is 0.749. The minimum Gasteiger partial charge on any atom is -0.381 e. The van der Waals surface area contributed by atoms with E-state index in [0.29, 0.717) is 22.9 Å². The van der Waals surface area contributed by atoms with Gasteiger partial charge >= 0.3 is 0 Å². The third-order valence-electron chi connectivity index (χ3n) is 6.83. The van der Waals surface area contributed by atoms with Crippen molar-refractivity contribution in [3.8, 4) is 0 Å². The molecule has 1 aromatic carbocycles. The van der Waals surface area contributed by atoms with Crippen LogP contribution < -0.4 is 5.32 Å². The van der Waals surface area contributed by atoms with Gasteiger partial charge in [0.05, 0.1) is 17.7 Å². The van der Waals surface area contributed by atoms with Crippen LogP contribution >= 0.6 is 0 Å². The summed E-state index contributed by atoms with van der Waals surface area (Å²) in [5.41, 5.74) is 1.09. The predicted molar refractivity (Wildman–Crippen MR) is 113 cm³/mol. The molecule has 3 rings (SSSR count). The SMILES string of the molecule is CCC(C)C1(c2ccc(S(C)(=O)=O)cc2)CCCC(N(C)CC2CCOC2)N1. The fourth-order valence-electron chi connectivity index (χ4n) is 4.86. The lowest BCUT2D eigenvalue weighted by Crippen LogP contribution is -2.60. The summed E-state index contributed by atoms with van der Waals surface area (Å²) in [7, 11) is -0.956. The van der Waals surface area contributed by atoms with Crippen LogP contribution in [-0.4, -0.2) is 52.5 Å². The Hall–Kier alpha value is -0.950. The molecule has 4 atom stereocenters. The Labute approximate surface area is 170 Å². The standard InChI is InChI=1S/C22H36N2O3S/c1-5-17(2)22(19-8-10-20(11-9-19)28(4,25)26)13-6-7-21(23-22)24(3)15-18-12-14-27-16-18/h8-11,17-18,21,23H,5-7,12-16H2,1-4H3. The summed E-state index contributed by atoms with van der Waals surface area (Å²) in [4.78, 5) is 2.85. The Morgan fingerprint density at radius 3 is 2.57 bits per heavy atom. The lowest BCUT2D eigenvalue weighted by molar-refractivity contribution is 0.0514. The second-order valence-electron chi connectivity index (χ2n) is 8.80. The second-order valence-corrected chi connectivity index (χ2v) is 10.8. The number of rotatable bonds is 7. The summed E-state index contributed by atoms with van der Waals surface area (Å²) < 4.78 is 29.3. The van der Waals surface area contributed by atoms with Crippen molar-refractivity contribution in [2.45, 2.75) is 62.6 Å². The van der Waals surface area contributed by atoms with Gasteiger partial charge in [-0.2, -0.15) is 0 Å². The Morgan fingerprint density at radius 1 is 1.29 bits per heavy atom. The van der Waals surface area contributed by atoms with Crippen LogP contribution in [0.5, 0.6) is 0 Å². The fourth-order valence-corrected chi connectivity index (χ4v) is 5.49. The van der Waals surface area contributed by atoms with Gasteiger partial charge in [0.2, 0.25) is 0 Å². The first-order valence-electron chi connectivity index (χ1n) is 10.6. The Balaban J connectivity index is 1.84. The lowest BCUT2D eigenvalue weighted by Gasteiger charge is -2.49. The maximum absolute atomic E-state index is 11.9. The average Bonchev–Trinajstić information content (AvgIpc) is 3.19. The summed E-state index contributed by atoms with van der Waals surface area (Å²) in [6, 6.07) is 7.56. The molecule has 2 fully saturated rings. The van der Waals surface area contributed by atoms with Gasteiger partial charge in [-0.15, -0.1) is 0 Å². The van der Waals surface area contributed by atoms with Gasteiger partial charge in [-0.25, -0.2) is 8.42 Å². The van der Waals surface area contributed by atoms with Crippen LogP contribution in [0.1, 0.15) is 51.5 Å². The molecule has 158 valence electrons. The van der Waals surface area contributed by atoms with E-state index in [1.54, 1.807) is 12.1 Å². The third kappa shape index (κ3) is 4.61. The van der Waals surface area contributed by atoms with E-state index in [1.165, 1.54) is 18.2 Å². The summed E-state index contributed by atoms with van der Waals surface area (Å²) in [5.74, 6) is 1.09. The van der Waals surface area contributed by atoms with Gasteiger partial charge in [-0.05, 0) is 62.3 Å². The van der Waals surface area contributed by atoms with E-state index in [4.69, 9.17) is 4.74 Å². The van der Waals surface area contributed by atoms with E-state index in [1.807, 2.05) is 12.1 Å². The predicted octanol–water partition coefficient (Wildman–Crippen LogP) is 3.40. The van der Waals surface area contributed by atoms with Gasteiger partial charge in [0.15, 0.2) is 9.84 Å². The van der Waals surface area contributed by atoms with Crippen LogP contribution in [0.3, 0.4) is 0 Å². The molecule has 2 saturated heterocycles. The monoisotopic (exact) mass is 408 g/mol. The van der Waals surface area contributed by atoms with Crippen molar-refractivity contribution < 1.29 is 13.2 Å². The second kappa shape index (κ2) is 8.82. The highest BCUT2D eigenvalue weighted by Gasteiger charge is 2.42. The van der Waals surface area contributed by atoms with Crippen molar-refractivity contribution >= 4 is 9.84 Å². The number of nitrogens with zero attached hydrogens (tertiary/aromatic N) is 1. The van der Waals surface area contributed by atoms with Gasteiger partial charge in [-0.3, -0.25) is 10.2 Å². The molecule has 4 unspecified atom stereocenters. The first-order valence-corrected chi connectivity index (χ1v) is 12.5. The summed E-state index contributed by atoms with van der Waals surface area (Å²) >= 11 is 0. The maximum atomic E-state index is 11.9. The molecule has 0 radical (unpaired) electrons. The van der Waals surface area contributed by atoms with Gasteiger partial charge in [0, 0.05) is 24.9 Å². The van der Waals surface area contributed by atoms with Crippen molar-refractivity contribution in [2.24, 2.45) is 11.8 Å². The van der Waals surface area contributed by atoms with Crippen LogP contribution in [0.15, 0.2) is 29.2 Å². The molecule has 0 spiro atoms. The number of ether oxygens (including phenoxy) is 1. The smallest absolute Gasteiger partial charge is 0.175 e. The molecule has 2 heterocycles. The van der Waals surface area contributed by atoms with E-state index >= 15 is 0 Å². The molecule has 0 aromatic heterocycles. The number of hydrogen-bond donors (Lipinski definition) is 1. The first kappa shape index (κ1) is 21.8. The maximum Gasteiger partial charge on any atom is 0.175 e. The van der Waals surface area contributed by atoms with Crippen LogP contribution in [0.25, 0.3) is 0 Å². The van der Waals surface area contributed by atoms with Gasteiger partial charge in [-0.1, -0.05) is 32.4 Å². The zero-order valence-electron chi connectivity index (χ0n) is 17.8. The molecule has 1 aromatic rings. The zero-order valence-corrected chi connectivity index (χ0v) is 18.6. The van der Waals surface area contributed by atoms with Crippen LogP contribution in [0.2, 0.25) is 0 Å². The van der Waals surface area contributed by atoms with Gasteiger partial charge < -0.3 is 4.74 Å². The lowest BCUT2D eigenvalue weighted by atomic mass is 9.72. The highest BCUT2D eigenvalue weighted by molar-refractivity contribution is 7.90. The molecule has 2 aliphatic rings. The Bertz CT molecular complexity index is 744. The van der Waals surface area contributed by atoms with Crippen molar-refractivity contribution in [1.29, 1.82) is 0 Å². The van der Waals surface area contributed by atoms with E-state index in [9.17, 15) is 8.42 Å². The minimum absolute atomic E-state index is 0.117. The zero-order chi connectivity index (χ0) is 20.4. The minimum atomic E-state index is -3.17. The van der Waals surface area contributed by atoms with Crippen LogP contribution in [0, 0.1) is 11.8 Å². The molecule has 6 heteroatoms. The van der Waals surface area contributed by atoms with E-state index in [0.717, 1.165) is 45.4 Å². The number of benzene rings is 1. The van der Waals surface area contributed by atoms with Crippen molar-refractivity contribution in [3.05, 3.63) is 29.8 Å². The molecule has 0 amide bonds. The molecule has 2 aliphatic heterocycles. The highest BCUT2D eigenvalue weighted by Crippen LogP contribution is 2.41. The van der Waals surface area contributed by atoms with Gasteiger partial charge in [0.1, 0.15) is 0 Å². The molecule has 0 bridgehead atoms. The molecule has 5 nitrogen and oxygen atoms in total. The first-order chi connectivity index (χ1) is 13.3. The van der Waals surface area contributed by atoms with E-state index < -0.39 is 9.84 Å². The van der Waals surface area contributed by atoms with Crippen LogP contribution in [0.4, 0.5) is 0 Å². The average molecular weight is 409 g/mol. The molecular formula is C22H36N2O3S. The molecule has 0 saturated carbocycles. The third-order valence-corrected chi connectivity index (χ3v) is 7.95. The van der Waals surface area contributed by atoms with E-state index in [2.05, 4.69) is 31.1 Å². The van der Waals surface area contributed by atoms with Crippen molar-refractivity contribution in [1.82, 2.24) is 10.2 Å². The number of piperidine rings is 1. The largest absolute Gasteiger partial charge is 0.381 e.